The maximum absolute atomic E-state index is 9.94. The van der Waals surface area contributed by atoms with Gasteiger partial charge in [-0.05, 0) is 84.8 Å². The second kappa shape index (κ2) is 6.01. The molecule has 0 radical (unpaired) electrons. The van der Waals surface area contributed by atoms with Crippen LogP contribution in [0.1, 0.15) is 46.3 Å². The van der Waals surface area contributed by atoms with Crippen molar-refractivity contribution in [1.29, 1.82) is 0 Å². The molecule has 2 heterocycles. The fourth-order valence-electron chi connectivity index (χ4n) is 4.74. The van der Waals surface area contributed by atoms with Crippen LogP contribution in [0.25, 0.3) is 0 Å². The van der Waals surface area contributed by atoms with Gasteiger partial charge < -0.3 is 5.11 Å². The van der Waals surface area contributed by atoms with Gasteiger partial charge in [-0.2, -0.15) is 10.2 Å². The Morgan fingerprint density at radius 3 is 2.43 bits per heavy atom. The minimum Gasteiger partial charge on any atom is -0.507 e. The Kier molecular flexibility index (Phi) is 3.68. The largest absolute Gasteiger partial charge is 0.507 e. The molecule has 0 saturated carbocycles. The predicted molar refractivity (Wildman–Crippen MR) is 111 cm³/mol. The van der Waals surface area contributed by atoms with Gasteiger partial charge in [0.1, 0.15) is 5.75 Å². The summed E-state index contributed by atoms with van der Waals surface area (Å²) in [5.74, 6) is 0.321. The zero-order valence-electron chi connectivity index (χ0n) is 16.3. The summed E-state index contributed by atoms with van der Waals surface area (Å²) < 4.78 is 0. The maximum atomic E-state index is 9.94. The van der Waals surface area contributed by atoms with Gasteiger partial charge in [0, 0.05) is 6.04 Å². The van der Waals surface area contributed by atoms with Crippen LogP contribution in [0.5, 0.6) is 5.75 Å². The highest BCUT2D eigenvalue weighted by molar-refractivity contribution is 5.58. The van der Waals surface area contributed by atoms with Crippen molar-refractivity contribution in [2.45, 2.75) is 38.8 Å². The lowest BCUT2D eigenvalue weighted by Crippen LogP contribution is -2.41. The number of benzene rings is 3. The number of fused-ring (bicyclic) bond motifs is 7. The molecular weight excluding hydrogens is 346 g/mol. The number of hydrogen-bond donors (Lipinski definition) is 2. The number of phenols is 1. The summed E-state index contributed by atoms with van der Waals surface area (Å²) in [6.07, 6.45) is 0.996. The molecule has 2 bridgehead atoms. The first-order chi connectivity index (χ1) is 13.5. The lowest BCUT2D eigenvalue weighted by atomic mass is 9.82. The SMILES string of the molecule is Cc1cc(N=Nc2ccc3c(c2)[C@]2(C)N[C@H](C3)c3ccccc32)cc(C)c1O. The van der Waals surface area contributed by atoms with Crippen molar-refractivity contribution in [2.75, 3.05) is 0 Å². The number of aromatic hydroxyl groups is 1. The molecule has 0 spiro atoms. The Hall–Kier alpha value is -2.98. The molecule has 3 aromatic rings. The van der Waals surface area contributed by atoms with Crippen LogP contribution in [0.2, 0.25) is 0 Å². The molecule has 3 aromatic carbocycles. The van der Waals surface area contributed by atoms with Gasteiger partial charge in [0.15, 0.2) is 0 Å². The highest BCUT2D eigenvalue weighted by Gasteiger charge is 2.45. The van der Waals surface area contributed by atoms with Gasteiger partial charge in [-0.25, -0.2) is 0 Å². The fourth-order valence-corrected chi connectivity index (χ4v) is 4.74. The minimum absolute atomic E-state index is 0.188. The molecule has 0 aliphatic carbocycles. The van der Waals surface area contributed by atoms with Crippen molar-refractivity contribution in [1.82, 2.24) is 5.32 Å². The molecule has 0 fully saturated rings. The van der Waals surface area contributed by atoms with E-state index in [0.29, 0.717) is 11.8 Å². The third-order valence-corrected chi connectivity index (χ3v) is 6.15. The predicted octanol–water partition coefficient (Wildman–Crippen LogP) is 5.89. The minimum atomic E-state index is -0.188. The van der Waals surface area contributed by atoms with Gasteiger partial charge in [0.2, 0.25) is 0 Å². The van der Waals surface area contributed by atoms with Crippen molar-refractivity contribution >= 4 is 11.4 Å². The molecule has 0 unspecified atom stereocenters. The van der Waals surface area contributed by atoms with Crippen LogP contribution in [0.3, 0.4) is 0 Å². The summed E-state index contributed by atoms with van der Waals surface area (Å²) in [4.78, 5) is 0. The lowest BCUT2D eigenvalue weighted by Gasteiger charge is -2.34. The van der Waals surface area contributed by atoms with Gasteiger partial charge in [0.05, 0.1) is 16.9 Å². The van der Waals surface area contributed by atoms with E-state index in [-0.39, 0.29) is 5.54 Å². The molecule has 2 atom stereocenters. The number of nitrogens with zero attached hydrogens (tertiary/aromatic N) is 2. The highest BCUT2D eigenvalue weighted by atomic mass is 16.3. The molecular formula is C24H23N3O. The molecule has 0 saturated heterocycles. The van der Waals surface area contributed by atoms with E-state index in [1.54, 1.807) is 0 Å². The molecule has 2 aliphatic heterocycles. The zero-order chi connectivity index (χ0) is 19.5. The molecule has 2 aliphatic rings. The van der Waals surface area contributed by atoms with Crippen LogP contribution in [0.4, 0.5) is 11.4 Å². The van der Waals surface area contributed by atoms with Gasteiger partial charge in [0.25, 0.3) is 0 Å². The van der Waals surface area contributed by atoms with Crippen LogP contribution in [0.15, 0.2) is 64.8 Å². The Balaban J connectivity index is 1.54. The molecule has 2 N–H and O–H groups in total. The van der Waals surface area contributed by atoms with Crippen molar-refractivity contribution in [2.24, 2.45) is 10.2 Å². The van der Waals surface area contributed by atoms with E-state index >= 15 is 0 Å². The lowest BCUT2D eigenvalue weighted by molar-refractivity contribution is 0.389. The number of nitrogens with one attached hydrogen (secondary N) is 1. The number of rotatable bonds is 2. The molecule has 140 valence electrons. The summed E-state index contributed by atoms with van der Waals surface area (Å²) in [7, 11) is 0. The summed E-state index contributed by atoms with van der Waals surface area (Å²) in [5.41, 5.74) is 8.44. The average molecular weight is 369 g/mol. The van der Waals surface area contributed by atoms with Gasteiger partial charge >= 0.3 is 0 Å². The topological polar surface area (TPSA) is 57.0 Å². The highest BCUT2D eigenvalue weighted by Crippen LogP contribution is 2.49. The summed E-state index contributed by atoms with van der Waals surface area (Å²) >= 11 is 0. The van der Waals surface area contributed by atoms with Crippen molar-refractivity contribution < 1.29 is 5.11 Å². The van der Waals surface area contributed by atoms with Crippen molar-refractivity contribution in [3.8, 4) is 5.75 Å². The van der Waals surface area contributed by atoms with Gasteiger partial charge in [-0.15, -0.1) is 0 Å². The molecule has 4 nitrogen and oxygen atoms in total. The molecule has 4 heteroatoms. The molecule has 5 rings (SSSR count). The van der Waals surface area contributed by atoms with E-state index in [0.717, 1.165) is 28.9 Å². The Labute approximate surface area is 165 Å². The number of azo groups is 1. The monoisotopic (exact) mass is 369 g/mol. The third kappa shape index (κ3) is 2.49. The van der Waals surface area contributed by atoms with Crippen LogP contribution in [-0.4, -0.2) is 5.11 Å². The molecule has 0 amide bonds. The van der Waals surface area contributed by atoms with E-state index < -0.39 is 0 Å². The van der Waals surface area contributed by atoms with Crippen LogP contribution in [-0.2, 0) is 12.0 Å². The van der Waals surface area contributed by atoms with Crippen molar-refractivity contribution in [3.63, 3.8) is 0 Å². The standard InChI is InChI=1S/C24H23N3O/c1-14-10-18(11-15(2)23(14)28)27-26-17-9-8-16-12-22-19-6-4-5-7-20(19)24(3,25-22)21(16)13-17/h4-11,13,22,25,28H,12H2,1-3H3/t22-,24-/m1/s1. The zero-order valence-corrected chi connectivity index (χ0v) is 16.3. The Morgan fingerprint density at radius 2 is 1.64 bits per heavy atom. The van der Waals surface area contributed by atoms with Crippen LogP contribution in [0, 0.1) is 13.8 Å². The summed E-state index contributed by atoms with van der Waals surface area (Å²) in [6, 6.07) is 19.2. The van der Waals surface area contributed by atoms with Crippen LogP contribution >= 0.6 is 0 Å². The summed E-state index contributed by atoms with van der Waals surface area (Å²) in [6.45, 7) is 6.01. The number of hydrogen-bond acceptors (Lipinski definition) is 4. The normalized spacial score (nSPS) is 22.3. The van der Waals surface area contributed by atoms with Gasteiger partial charge in [-0.1, -0.05) is 30.3 Å². The Bertz CT molecular complexity index is 1110. The Morgan fingerprint density at radius 1 is 0.929 bits per heavy atom. The van der Waals surface area contributed by atoms with E-state index in [4.69, 9.17) is 0 Å². The first-order valence-corrected chi connectivity index (χ1v) is 9.68. The number of aryl methyl sites for hydroxylation is 2. The van der Waals surface area contributed by atoms with Gasteiger partial charge in [-0.3, -0.25) is 5.32 Å². The smallest absolute Gasteiger partial charge is 0.121 e. The third-order valence-electron chi connectivity index (χ3n) is 6.15. The molecule has 28 heavy (non-hydrogen) atoms. The first kappa shape index (κ1) is 17.1. The van der Waals surface area contributed by atoms with E-state index in [1.165, 1.54) is 22.3 Å². The van der Waals surface area contributed by atoms with Crippen molar-refractivity contribution in [3.05, 3.63) is 88.0 Å². The second-order valence-corrected chi connectivity index (χ2v) is 8.08. The van der Waals surface area contributed by atoms with E-state index in [2.05, 4.69) is 58.9 Å². The summed E-state index contributed by atoms with van der Waals surface area (Å²) in [5, 5.41) is 22.6. The second-order valence-electron chi connectivity index (χ2n) is 8.08. The number of phenolic OH excluding ortho intramolecular Hbond substituents is 1. The van der Waals surface area contributed by atoms with E-state index in [9.17, 15) is 5.11 Å². The van der Waals surface area contributed by atoms with E-state index in [1.807, 2.05) is 32.0 Å². The quantitative estimate of drug-likeness (QED) is 0.554. The maximum Gasteiger partial charge on any atom is 0.121 e. The fraction of sp³-hybridized carbons (Fsp3) is 0.250. The first-order valence-electron chi connectivity index (χ1n) is 9.68. The molecule has 0 aromatic heterocycles. The average Bonchev–Trinajstić information content (AvgIpc) is 2.93. The van der Waals surface area contributed by atoms with Crippen LogP contribution < -0.4 is 5.32 Å².